The fourth-order valence-corrected chi connectivity index (χ4v) is 3.45. The average Bonchev–Trinajstić information content (AvgIpc) is 2.53. The molecule has 0 saturated heterocycles. The van der Waals surface area contributed by atoms with E-state index >= 15 is 0 Å². The second kappa shape index (κ2) is 5.76. The van der Waals surface area contributed by atoms with Crippen LogP contribution in [0, 0.1) is 25.5 Å². The number of hydrogen-bond acceptors (Lipinski definition) is 4. The second-order valence-electron chi connectivity index (χ2n) is 6.42. The van der Waals surface area contributed by atoms with Crippen molar-refractivity contribution >= 4 is 16.8 Å². The van der Waals surface area contributed by atoms with Gasteiger partial charge in [0, 0.05) is 17.7 Å². The lowest BCUT2D eigenvalue weighted by Crippen LogP contribution is -2.23. The van der Waals surface area contributed by atoms with Crippen LogP contribution in [0.4, 0.5) is 8.78 Å². The van der Waals surface area contributed by atoms with Crippen LogP contribution in [0.25, 0.3) is 11.0 Å². The standard InChI is InChI=1S/C20H14F2O4/c1-9-5-16-19(10(2)6-17(24)25-16)20-18(9)14(23)8-15(26-20)12-4-3-11(21)7-13(12)22/h3-7,15H,8H2,1-2H3/t15-/m1/s1. The predicted octanol–water partition coefficient (Wildman–Crippen LogP) is 4.39. The Morgan fingerprint density at radius 1 is 1.04 bits per heavy atom. The maximum atomic E-state index is 14.2. The maximum absolute atomic E-state index is 14.2. The monoisotopic (exact) mass is 356 g/mol. The number of carbonyl (C=O) groups is 1. The highest BCUT2D eigenvalue weighted by Crippen LogP contribution is 2.42. The summed E-state index contributed by atoms with van der Waals surface area (Å²) in [7, 11) is 0. The highest BCUT2D eigenvalue weighted by molar-refractivity contribution is 6.07. The third-order valence-corrected chi connectivity index (χ3v) is 4.60. The van der Waals surface area contributed by atoms with Gasteiger partial charge in [0.2, 0.25) is 0 Å². The molecule has 1 aromatic heterocycles. The molecular weight excluding hydrogens is 342 g/mol. The average molecular weight is 356 g/mol. The van der Waals surface area contributed by atoms with Crippen molar-refractivity contribution in [1.29, 1.82) is 0 Å². The first-order valence-corrected chi connectivity index (χ1v) is 8.08. The molecule has 1 atom stereocenters. The maximum Gasteiger partial charge on any atom is 0.336 e. The van der Waals surface area contributed by atoms with Crippen LogP contribution in [0.5, 0.6) is 5.75 Å². The number of halogens is 2. The minimum atomic E-state index is -0.882. The molecule has 0 fully saturated rings. The Morgan fingerprint density at radius 3 is 2.54 bits per heavy atom. The van der Waals surface area contributed by atoms with Crippen molar-refractivity contribution in [3.05, 3.63) is 74.6 Å². The number of Topliss-reactive ketones (excluding diaryl/α,β-unsaturated/α-hetero) is 1. The van der Waals surface area contributed by atoms with E-state index in [9.17, 15) is 18.4 Å². The third kappa shape index (κ3) is 2.49. The number of hydrogen-bond donors (Lipinski definition) is 0. The van der Waals surface area contributed by atoms with Gasteiger partial charge < -0.3 is 9.15 Å². The molecule has 1 aliphatic heterocycles. The zero-order valence-corrected chi connectivity index (χ0v) is 14.1. The van der Waals surface area contributed by atoms with Crippen LogP contribution in [0.15, 0.2) is 39.5 Å². The van der Waals surface area contributed by atoms with E-state index in [2.05, 4.69) is 0 Å². The van der Waals surface area contributed by atoms with Crippen LogP contribution in [0.3, 0.4) is 0 Å². The van der Waals surface area contributed by atoms with Gasteiger partial charge in [-0.25, -0.2) is 13.6 Å². The first-order valence-electron chi connectivity index (χ1n) is 8.08. The van der Waals surface area contributed by atoms with Crippen molar-refractivity contribution in [3.63, 3.8) is 0 Å². The van der Waals surface area contributed by atoms with Crippen LogP contribution in [0.2, 0.25) is 0 Å². The number of fused-ring (bicyclic) bond motifs is 3. The molecule has 0 amide bonds. The Hall–Kier alpha value is -3.02. The summed E-state index contributed by atoms with van der Waals surface area (Å²) in [6, 6.07) is 6.10. The zero-order valence-electron chi connectivity index (χ0n) is 14.1. The molecule has 1 aliphatic rings. The topological polar surface area (TPSA) is 56.5 Å². The van der Waals surface area contributed by atoms with Gasteiger partial charge in [-0.1, -0.05) is 0 Å². The van der Waals surface area contributed by atoms with Gasteiger partial charge in [-0.15, -0.1) is 0 Å². The Labute approximate surface area is 147 Å². The molecule has 4 rings (SSSR count). The van der Waals surface area contributed by atoms with Gasteiger partial charge in [0.15, 0.2) is 5.78 Å². The molecule has 0 aliphatic carbocycles. The van der Waals surface area contributed by atoms with Crippen LogP contribution in [-0.2, 0) is 0 Å². The molecule has 6 heteroatoms. The summed E-state index contributed by atoms with van der Waals surface area (Å²) in [5.74, 6) is -1.41. The minimum Gasteiger partial charge on any atom is -0.484 e. The minimum absolute atomic E-state index is 0.0578. The predicted molar refractivity (Wildman–Crippen MR) is 90.6 cm³/mol. The smallest absolute Gasteiger partial charge is 0.336 e. The summed E-state index contributed by atoms with van der Waals surface area (Å²) >= 11 is 0. The summed E-state index contributed by atoms with van der Waals surface area (Å²) in [4.78, 5) is 24.4. The first kappa shape index (κ1) is 16.4. The summed E-state index contributed by atoms with van der Waals surface area (Å²) in [5.41, 5.74) is 1.52. The van der Waals surface area contributed by atoms with E-state index in [1.165, 1.54) is 12.1 Å². The largest absolute Gasteiger partial charge is 0.484 e. The van der Waals surface area contributed by atoms with E-state index in [0.717, 1.165) is 12.1 Å². The van der Waals surface area contributed by atoms with E-state index in [1.54, 1.807) is 19.9 Å². The van der Waals surface area contributed by atoms with Crippen molar-refractivity contribution in [3.8, 4) is 5.75 Å². The van der Waals surface area contributed by atoms with E-state index in [0.29, 0.717) is 27.7 Å². The quantitative estimate of drug-likeness (QED) is 0.607. The second-order valence-corrected chi connectivity index (χ2v) is 6.42. The summed E-state index contributed by atoms with van der Waals surface area (Å²) in [6.45, 7) is 3.44. The van der Waals surface area contributed by atoms with Crippen LogP contribution >= 0.6 is 0 Å². The molecule has 3 aromatic rings. The molecule has 2 heterocycles. The molecule has 4 nitrogen and oxygen atoms in total. The molecule has 0 saturated carbocycles. The van der Waals surface area contributed by atoms with Gasteiger partial charge in [0.1, 0.15) is 29.1 Å². The number of ketones is 1. The van der Waals surface area contributed by atoms with Crippen LogP contribution in [0.1, 0.15) is 39.6 Å². The van der Waals surface area contributed by atoms with Crippen molar-refractivity contribution in [1.82, 2.24) is 0 Å². The van der Waals surface area contributed by atoms with Crippen LogP contribution < -0.4 is 10.4 Å². The highest BCUT2D eigenvalue weighted by atomic mass is 19.1. The van der Waals surface area contributed by atoms with Gasteiger partial charge in [-0.2, -0.15) is 0 Å². The molecule has 2 aromatic carbocycles. The Kier molecular flexibility index (Phi) is 3.64. The zero-order chi connectivity index (χ0) is 18.6. The third-order valence-electron chi connectivity index (χ3n) is 4.60. The summed E-state index contributed by atoms with van der Waals surface area (Å²) in [5, 5.41) is 0.505. The van der Waals surface area contributed by atoms with Gasteiger partial charge in [0.05, 0.1) is 17.4 Å². The normalized spacial score (nSPS) is 16.5. The molecule has 0 bridgehead atoms. The lowest BCUT2D eigenvalue weighted by molar-refractivity contribution is 0.0848. The summed E-state index contributed by atoms with van der Waals surface area (Å²) < 4.78 is 38.6. The Bertz CT molecular complexity index is 1130. The van der Waals surface area contributed by atoms with Crippen molar-refractivity contribution < 1.29 is 22.7 Å². The molecule has 26 heavy (non-hydrogen) atoms. The Balaban J connectivity index is 1.95. The number of rotatable bonds is 1. The van der Waals surface area contributed by atoms with Gasteiger partial charge in [0.25, 0.3) is 0 Å². The number of carbonyl (C=O) groups excluding carboxylic acids is 1. The van der Waals surface area contributed by atoms with Crippen molar-refractivity contribution in [2.24, 2.45) is 0 Å². The number of aryl methyl sites for hydroxylation is 2. The SMILES string of the molecule is Cc1cc2oc(=O)cc(C)c2c2c1C(=O)C[C@H](c1ccc(F)cc1F)O2. The Morgan fingerprint density at radius 2 is 1.81 bits per heavy atom. The first-order chi connectivity index (χ1) is 12.3. The fraction of sp³-hybridized carbons (Fsp3) is 0.200. The summed E-state index contributed by atoms with van der Waals surface area (Å²) in [6.07, 6.45) is -0.940. The van der Waals surface area contributed by atoms with Gasteiger partial charge >= 0.3 is 5.63 Å². The lowest BCUT2D eigenvalue weighted by atomic mass is 9.91. The molecule has 0 unspecified atom stereocenters. The van der Waals surface area contributed by atoms with E-state index in [4.69, 9.17) is 9.15 Å². The molecular formula is C20H14F2O4. The highest BCUT2D eigenvalue weighted by Gasteiger charge is 2.33. The number of benzene rings is 2. The number of ether oxygens (including phenoxy) is 1. The fourth-order valence-electron chi connectivity index (χ4n) is 3.45. The molecule has 132 valence electrons. The lowest BCUT2D eigenvalue weighted by Gasteiger charge is -2.28. The van der Waals surface area contributed by atoms with E-state index in [-0.39, 0.29) is 23.5 Å². The van der Waals surface area contributed by atoms with E-state index in [1.807, 2.05) is 0 Å². The molecule has 0 spiro atoms. The van der Waals surface area contributed by atoms with Gasteiger partial charge in [-0.3, -0.25) is 4.79 Å². The van der Waals surface area contributed by atoms with E-state index < -0.39 is 23.4 Å². The molecule has 0 N–H and O–H groups in total. The van der Waals surface area contributed by atoms with Crippen molar-refractivity contribution in [2.75, 3.05) is 0 Å². The van der Waals surface area contributed by atoms with Crippen LogP contribution in [-0.4, -0.2) is 5.78 Å². The molecule has 0 radical (unpaired) electrons. The van der Waals surface area contributed by atoms with Crippen molar-refractivity contribution in [2.45, 2.75) is 26.4 Å². The van der Waals surface area contributed by atoms with Gasteiger partial charge in [-0.05, 0) is 43.2 Å².